The SMILES string of the molecule is COc1ccc(NC(=O)COc2ccccc2-c2nc(-c3ccccc3)no2)cc1. The maximum Gasteiger partial charge on any atom is 0.262 e. The second kappa shape index (κ2) is 8.91. The maximum absolute atomic E-state index is 12.3. The van der Waals surface area contributed by atoms with Crippen molar-refractivity contribution in [1.82, 2.24) is 10.1 Å². The minimum absolute atomic E-state index is 0.164. The highest BCUT2D eigenvalue weighted by Gasteiger charge is 2.15. The minimum Gasteiger partial charge on any atom is -0.497 e. The molecule has 4 rings (SSSR count). The number of rotatable bonds is 7. The highest BCUT2D eigenvalue weighted by atomic mass is 16.5. The third-order valence-corrected chi connectivity index (χ3v) is 4.31. The van der Waals surface area contributed by atoms with Crippen molar-refractivity contribution in [2.45, 2.75) is 0 Å². The fourth-order valence-electron chi connectivity index (χ4n) is 2.82. The van der Waals surface area contributed by atoms with Crippen LogP contribution in [0.2, 0.25) is 0 Å². The monoisotopic (exact) mass is 401 g/mol. The van der Waals surface area contributed by atoms with Gasteiger partial charge in [-0.05, 0) is 36.4 Å². The van der Waals surface area contributed by atoms with E-state index < -0.39 is 0 Å². The summed E-state index contributed by atoms with van der Waals surface area (Å²) in [5, 5.41) is 6.82. The molecule has 0 aliphatic heterocycles. The van der Waals surface area contributed by atoms with Gasteiger partial charge in [-0.1, -0.05) is 47.6 Å². The van der Waals surface area contributed by atoms with Crippen molar-refractivity contribution in [2.24, 2.45) is 0 Å². The smallest absolute Gasteiger partial charge is 0.262 e. The number of ether oxygens (including phenoxy) is 2. The predicted molar refractivity (Wildman–Crippen MR) is 112 cm³/mol. The Bertz CT molecular complexity index is 1120. The zero-order chi connectivity index (χ0) is 20.8. The second-order valence-electron chi connectivity index (χ2n) is 6.35. The maximum atomic E-state index is 12.3. The highest BCUT2D eigenvalue weighted by molar-refractivity contribution is 5.92. The Morgan fingerprint density at radius 3 is 2.47 bits per heavy atom. The summed E-state index contributed by atoms with van der Waals surface area (Å²) in [6.07, 6.45) is 0. The second-order valence-corrected chi connectivity index (χ2v) is 6.35. The number of carbonyl (C=O) groups is 1. The number of amides is 1. The molecule has 30 heavy (non-hydrogen) atoms. The van der Waals surface area contributed by atoms with Gasteiger partial charge in [0.2, 0.25) is 5.82 Å². The number of nitrogens with zero attached hydrogens (tertiary/aromatic N) is 2. The molecule has 3 aromatic carbocycles. The molecule has 0 atom stereocenters. The molecule has 1 aromatic heterocycles. The van der Waals surface area contributed by atoms with Crippen LogP contribution in [0.1, 0.15) is 0 Å². The quantitative estimate of drug-likeness (QED) is 0.493. The van der Waals surface area contributed by atoms with Gasteiger partial charge in [0.25, 0.3) is 11.8 Å². The molecular weight excluding hydrogens is 382 g/mol. The number of methoxy groups -OCH3 is 1. The lowest BCUT2D eigenvalue weighted by molar-refractivity contribution is -0.118. The molecule has 0 spiro atoms. The summed E-state index contributed by atoms with van der Waals surface area (Å²) >= 11 is 0. The molecule has 0 bridgehead atoms. The molecule has 1 N–H and O–H groups in total. The van der Waals surface area contributed by atoms with Crippen molar-refractivity contribution in [3.8, 4) is 34.3 Å². The molecule has 0 fully saturated rings. The predicted octanol–water partition coefficient (Wildman–Crippen LogP) is 4.43. The van der Waals surface area contributed by atoms with E-state index in [0.717, 1.165) is 5.56 Å². The Hall–Kier alpha value is -4.13. The first-order valence-electron chi connectivity index (χ1n) is 9.28. The fraction of sp³-hybridized carbons (Fsp3) is 0.0870. The highest BCUT2D eigenvalue weighted by Crippen LogP contribution is 2.30. The molecule has 0 saturated carbocycles. The van der Waals surface area contributed by atoms with E-state index in [9.17, 15) is 4.79 Å². The third kappa shape index (κ3) is 4.47. The van der Waals surface area contributed by atoms with Gasteiger partial charge in [-0.3, -0.25) is 4.79 Å². The Morgan fingerprint density at radius 1 is 0.967 bits per heavy atom. The molecule has 0 unspecified atom stereocenters. The molecule has 7 heteroatoms. The van der Waals surface area contributed by atoms with E-state index in [0.29, 0.717) is 34.5 Å². The first kappa shape index (κ1) is 19.2. The van der Waals surface area contributed by atoms with Crippen molar-refractivity contribution >= 4 is 11.6 Å². The molecule has 1 heterocycles. The van der Waals surface area contributed by atoms with Gasteiger partial charge in [0, 0.05) is 11.3 Å². The Balaban J connectivity index is 1.44. The lowest BCUT2D eigenvalue weighted by Gasteiger charge is -2.10. The van der Waals surface area contributed by atoms with Gasteiger partial charge >= 0.3 is 0 Å². The first-order valence-corrected chi connectivity index (χ1v) is 9.28. The van der Waals surface area contributed by atoms with Crippen molar-refractivity contribution < 1.29 is 18.8 Å². The van der Waals surface area contributed by atoms with Crippen LogP contribution in [-0.4, -0.2) is 29.8 Å². The van der Waals surface area contributed by atoms with E-state index in [1.165, 1.54) is 0 Å². The molecule has 7 nitrogen and oxygen atoms in total. The number of nitrogens with one attached hydrogen (secondary N) is 1. The summed E-state index contributed by atoms with van der Waals surface area (Å²) in [5.74, 6) is 1.71. The molecule has 0 saturated heterocycles. The fourth-order valence-corrected chi connectivity index (χ4v) is 2.82. The van der Waals surface area contributed by atoms with E-state index in [1.54, 1.807) is 43.5 Å². The number of para-hydroxylation sites is 1. The lowest BCUT2D eigenvalue weighted by atomic mass is 10.2. The van der Waals surface area contributed by atoms with Crippen molar-refractivity contribution in [2.75, 3.05) is 19.0 Å². The van der Waals surface area contributed by atoms with Gasteiger partial charge in [0.1, 0.15) is 11.5 Å². The molecule has 4 aromatic rings. The minimum atomic E-state index is -0.287. The van der Waals surface area contributed by atoms with Crippen LogP contribution in [0, 0.1) is 0 Å². The molecule has 0 aliphatic carbocycles. The van der Waals surface area contributed by atoms with E-state index in [4.69, 9.17) is 14.0 Å². The van der Waals surface area contributed by atoms with Crippen LogP contribution < -0.4 is 14.8 Å². The van der Waals surface area contributed by atoms with Crippen LogP contribution in [0.25, 0.3) is 22.8 Å². The van der Waals surface area contributed by atoms with Gasteiger partial charge in [-0.15, -0.1) is 0 Å². The van der Waals surface area contributed by atoms with Gasteiger partial charge < -0.3 is 19.3 Å². The number of benzene rings is 3. The van der Waals surface area contributed by atoms with Crippen LogP contribution in [0.3, 0.4) is 0 Å². The average molecular weight is 401 g/mol. The number of hydrogen-bond donors (Lipinski definition) is 1. The van der Waals surface area contributed by atoms with E-state index >= 15 is 0 Å². The van der Waals surface area contributed by atoms with E-state index in [1.807, 2.05) is 42.5 Å². The molecule has 150 valence electrons. The zero-order valence-corrected chi connectivity index (χ0v) is 16.2. The van der Waals surface area contributed by atoms with Crippen molar-refractivity contribution in [3.63, 3.8) is 0 Å². The molecular formula is C23H19N3O4. The molecule has 0 aliphatic rings. The van der Waals surface area contributed by atoms with Crippen LogP contribution in [0.15, 0.2) is 83.4 Å². The van der Waals surface area contributed by atoms with Crippen molar-refractivity contribution in [1.29, 1.82) is 0 Å². The van der Waals surface area contributed by atoms with Gasteiger partial charge in [-0.2, -0.15) is 4.98 Å². The summed E-state index contributed by atoms with van der Waals surface area (Å²) in [6.45, 7) is -0.164. The number of anilines is 1. The number of hydrogen-bond acceptors (Lipinski definition) is 6. The lowest BCUT2D eigenvalue weighted by Crippen LogP contribution is -2.20. The zero-order valence-electron chi connectivity index (χ0n) is 16.2. The standard InChI is InChI=1S/C23H19N3O4/c1-28-18-13-11-17(12-14-18)24-21(27)15-29-20-10-6-5-9-19(20)23-25-22(26-30-23)16-7-3-2-4-8-16/h2-14H,15H2,1H3,(H,24,27). The van der Waals surface area contributed by atoms with Gasteiger partial charge in [0.15, 0.2) is 6.61 Å². The normalized spacial score (nSPS) is 10.4. The first-order chi connectivity index (χ1) is 14.7. The Labute approximate surface area is 173 Å². The summed E-state index contributed by atoms with van der Waals surface area (Å²) < 4.78 is 16.2. The van der Waals surface area contributed by atoms with E-state index in [-0.39, 0.29) is 12.5 Å². The van der Waals surface area contributed by atoms with Crippen LogP contribution >= 0.6 is 0 Å². The van der Waals surface area contributed by atoms with Crippen LogP contribution in [-0.2, 0) is 4.79 Å². The van der Waals surface area contributed by atoms with Gasteiger partial charge in [-0.25, -0.2) is 0 Å². The largest absolute Gasteiger partial charge is 0.497 e. The third-order valence-electron chi connectivity index (χ3n) is 4.31. The van der Waals surface area contributed by atoms with Crippen LogP contribution in [0.4, 0.5) is 5.69 Å². The Kier molecular flexibility index (Phi) is 5.70. The summed E-state index contributed by atoms with van der Waals surface area (Å²) in [6, 6.07) is 23.8. The molecule has 0 radical (unpaired) electrons. The Morgan fingerprint density at radius 2 is 1.70 bits per heavy atom. The number of aromatic nitrogens is 2. The molecule has 1 amide bonds. The van der Waals surface area contributed by atoms with Gasteiger partial charge in [0.05, 0.1) is 12.7 Å². The van der Waals surface area contributed by atoms with E-state index in [2.05, 4.69) is 15.5 Å². The topological polar surface area (TPSA) is 86.5 Å². The average Bonchev–Trinajstić information content (AvgIpc) is 3.29. The number of carbonyl (C=O) groups excluding carboxylic acids is 1. The van der Waals surface area contributed by atoms with Crippen molar-refractivity contribution in [3.05, 3.63) is 78.9 Å². The summed E-state index contributed by atoms with van der Waals surface area (Å²) in [5.41, 5.74) is 2.12. The van der Waals surface area contributed by atoms with Crippen LogP contribution in [0.5, 0.6) is 11.5 Å². The summed E-state index contributed by atoms with van der Waals surface area (Å²) in [7, 11) is 1.59. The summed E-state index contributed by atoms with van der Waals surface area (Å²) in [4.78, 5) is 16.7.